The molecule has 0 fully saturated rings. The SMILES string of the molecule is Cc1ccc(-n2nc(C)c3c(Cl)c(C(=O)NCc4ccncc4)cnc32)cc1. The van der Waals surface area contributed by atoms with E-state index in [4.69, 9.17) is 11.6 Å². The summed E-state index contributed by atoms with van der Waals surface area (Å²) in [6, 6.07) is 11.7. The van der Waals surface area contributed by atoms with Crippen LogP contribution in [0.4, 0.5) is 0 Å². The van der Waals surface area contributed by atoms with Crippen LogP contribution < -0.4 is 5.32 Å². The number of benzene rings is 1. The molecule has 0 aliphatic heterocycles. The fraction of sp³-hybridized carbons (Fsp3) is 0.143. The Kier molecular flexibility index (Phi) is 4.79. The molecule has 4 rings (SSSR count). The van der Waals surface area contributed by atoms with Crippen LogP contribution in [-0.4, -0.2) is 25.7 Å². The zero-order chi connectivity index (χ0) is 19.7. The average molecular weight is 392 g/mol. The lowest BCUT2D eigenvalue weighted by Gasteiger charge is -2.08. The van der Waals surface area contributed by atoms with Crippen molar-refractivity contribution in [3.63, 3.8) is 0 Å². The lowest BCUT2D eigenvalue weighted by Crippen LogP contribution is -2.23. The number of fused-ring (bicyclic) bond motifs is 1. The second-order valence-electron chi connectivity index (χ2n) is 6.56. The molecule has 0 aliphatic rings. The Bertz CT molecular complexity index is 1150. The summed E-state index contributed by atoms with van der Waals surface area (Å²) in [7, 11) is 0. The molecule has 7 heteroatoms. The van der Waals surface area contributed by atoms with Crippen LogP contribution in [0.15, 0.2) is 55.0 Å². The zero-order valence-corrected chi connectivity index (χ0v) is 16.2. The zero-order valence-electron chi connectivity index (χ0n) is 15.5. The Balaban J connectivity index is 1.68. The van der Waals surface area contributed by atoms with Gasteiger partial charge in [-0.25, -0.2) is 9.67 Å². The predicted molar refractivity (Wildman–Crippen MR) is 109 cm³/mol. The van der Waals surface area contributed by atoms with Crippen molar-refractivity contribution in [1.82, 2.24) is 25.1 Å². The molecule has 3 heterocycles. The Morgan fingerprint density at radius 2 is 1.82 bits per heavy atom. The van der Waals surface area contributed by atoms with E-state index in [2.05, 4.69) is 20.4 Å². The van der Waals surface area contributed by atoms with E-state index >= 15 is 0 Å². The summed E-state index contributed by atoms with van der Waals surface area (Å²) in [6.07, 6.45) is 4.87. The number of hydrogen-bond acceptors (Lipinski definition) is 4. The fourth-order valence-electron chi connectivity index (χ4n) is 3.01. The predicted octanol–water partition coefficient (Wildman–Crippen LogP) is 4.02. The van der Waals surface area contributed by atoms with E-state index in [0.717, 1.165) is 22.5 Å². The third-order valence-electron chi connectivity index (χ3n) is 4.53. The Morgan fingerprint density at radius 1 is 1.11 bits per heavy atom. The molecular weight excluding hydrogens is 374 g/mol. The molecule has 1 N–H and O–H groups in total. The van der Waals surface area contributed by atoms with E-state index in [1.54, 1.807) is 17.1 Å². The molecule has 0 bridgehead atoms. The molecule has 1 amide bonds. The number of aromatic nitrogens is 4. The Hall–Kier alpha value is -3.25. The van der Waals surface area contributed by atoms with Crippen LogP contribution in [0.2, 0.25) is 5.02 Å². The summed E-state index contributed by atoms with van der Waals surface area (Å²) in [5.74, 6) is -0.279. The highest BCUT2D eigenvalue weighted by atomic mass is 35.5. The van der Waals surface area contributed by atoms with Gasteiger partial charge in [-0.15, -0.1) is 0 Å². The van der Waals surface area contributed by atoms with Crippen molar-refractivity contribution < 1.29 is 4.79 Å². The molecule has 3 aromatic heterocycles. The number of halogens is 1. The molecule has 0 spiro atoms. The van der Waals surface area contributed by atoms with Crippen molar-refractivity contribution in [1.29, 1.82) is 0 Å². The van der Waals surface area contributed by atoms with E-state index in [1.807, 2.05) is 50.2 Å². The summed E-state index contributed by atoms with van der Waals surface area (Å²) >= 11 is 6.59. The minimum Gasteiger partial charge on any atom is -0.348 e. The molecule has 0 saturated heterocycles. The Labute approximate surface area is 167 Å². The van der Waals surface area contributed by atoms with Crippen molar-refractivity contribution in [2.75, 3.05) is 0 Å². The number of pyridine rings is 2. The van der Waals surface area contributed by atoms with Crippen LogP contribution in [-0.2, 0) is 6.54 Å². The molecule has 1 aromatic carbocycles. The van der Waals surface area contributed by atoms with Gasteiger partial charge in [0.15, 0.2) is 5.65 Å². The second kappa shape index (κ2) is 7.40. The maximum Gasteiger partial charge on any atom is 0.254 e. The molecule has 28 heavy (non-hydrogen) atoms. The van der Waals surface area contributed by atoms with Gasteiger partial charge >= 0.3 is 0 Å². The van der Waals surface area contributed by atoms with Gasteiger partial charge in [-0.2, -0.15) is 5.10 Å². The van der Waals surface area contributed by atoms with Crippen molar-refractivity contribution in [2.45, 2.75) is 20.4 Å². The molecule has 0 atom stereocenters. The molecule has 0 saturated carbocycles. The summed E-state index contributed by atoms with van der Waals surface area (Å²) < 4.78 is 1.74. The maximum atomic E-state index is 12.6. The van der Waals surface area contributed by atoms with Gasteiger partial charge in [0.2, 0.25) is 0 Å². The molecule has 0 unspecified atom stereocenters. The number of nitrogens with zero attached hydrogens (tertiary/aromatic N) is 4. The van der Waals surface area contributed by atoms with Crippen LogP contribution >= 0.6 is 11.6 Å². The first-order valence-electron chi connectivity index (χ1n) is 8.82. The molecule has 140 valence electrons. The number of rotatable bonds is 4. The lowest BCUT2D eigenvalue weighted by molar-refractivity contribution is 0.0951. The minimum atomic E-state index is -0.279. The van der Waals surface area contributed by atoms with E-state index in [9.17, 15) is 4.79 Å². The van der Waals surface area contributed by atoms with Crippen LogP contribution in [0.25, 0.3) is 16.7 Å². The minimum absolute atomic E-state index is 0.279. The van der Waals surface area contributed by atoms with Gasteiger partial charge in [-0.1, -0.05) is 29.3 Å². The lowest BCUT2D eigenvalue weighted by atomic mass is 10.2. The number of amides is 1. The normalized spacial score (nSPS) is 11.0. The standard InChI is InChI=1S/C21H18ClN5O/c1-13-3-5-16(6-4-13)27-20-18(14(2)26-27)19(22)17(12-24-20)21(28)25-11-15-7-9-23-10-8-15/h3-10,12H,11H2,1-2H3,(H,25,28). The molecular formula is C21H18ClN5O. The first-order chi connectivity index (χ1) is 13.5. The second-order valence-corrected chi connectivity index (χ2v) is 6.93. The van der Waals surface area contributed by atoms with Gasteiger partial charge in [0.1, 0.15) is 0 Å². The van der Waals surface area contributed by atoms with E-state index < -0.39 is 0 Å². The highest BCUT2D eigenvalue weighted by molar-refractivity contribution is 6.38. The number of carbonyl (C=O) groups is 1. The van der Waals surface area contributed by atoms with Crippen LogP contribution in [0.1, 0.15) is 27.2 Å². The van der Waals surface area contributed by atoms with Crippen molar-refractivity contribution in [3.05, 3.63) is 82.4 Å². The topological polar surface area (TPSA) is 72.7 Å². The smallest absolute Gasteiger partial charge is 0.254 e. The third-order valence-corrected chi connectivity index (χ3v) is 4.93. The van der Waals surface area contributed by atoms with Crippen LogP contribution in [0.3, 0.4) is 0 Å². The highest BCUT2D eigenvalue weighted by Crippen LogP contribution is 2.30. The number of hydrogen-bond donors (Lipinski definition) is 1. The summed E-state index contributed by atoms with van der Waals surface area (Å²) in [6.45, 7) is 4.28. The number of carbonyl (C=O) groups excluding carboxylic acids is 1. The van der Waals surface area contributed by atoms with Crippen LogP contribution in [0.5, 0.6) is 0 Å². The van der Waals surface area contributed by atoms with Gasteiger partial charge in [-0.05, 0) is 43.7 Å². The monoisotopic (exact) mass is 391 g/mol. The first kappa shape index (κ1) is 18.1. The fourth-order valence-corrected chi connectivity index (χ4v) is 3.37. The van der Waals surface area contributed by atoms with E-state index in [-0.39, 0.29) is 5.91 Å². The third kappa shape index (κ3) is 3.34. The van der Waals surface area contributed by atoms with E-state index in [1.165, 1.54) is 6.20 Å². The molecule has 6 nitrogen and oxygen atoms in total. The van der Waals surface area contributed by atoms with Gasteiger partial charge in [0.25, 0.3) is 5.91 Å². The summed E-state index contributed by atoms with van der Waals surface area (Å²) in [5.41, 5.74) is 4.68. The van der Waals surface area contributed by atoms with E-state index in [0.29, 0.717) is 28.2 Å². The number of nitrogens with one attached hydrogen (secondary N) is 1. The van der Waals surface area contributed by atoms with Crippen molar-refractivity contribution >= 4 is 28.5 Å². The molecule has 0 radical (unpaired) electrons. The van der Waals surface area contributed by atoms with Gasteiger partial charge in [-0.3, -0.25) is 9.78 Å². The molecule has 0 aliphatic carbocycles. The first-order valence-corrected chi connectivity index (χ1v) is 9.20. The maximum absolute atomic E-state index is 12.6. The van der Waals surface area contributed by atoms with Crippen molar-refractivity contribution in [3.8, 4) is 5.69 Å². The average Bonchev–Trinajstić information content (AvgIpc) is 3.05. The number of aryl methyl sites for hydroxylation is 2. The quantitative estimate of drug-likeness (QED) is 0.570. The van der Waals surface area contributed by atoms with Crippen molar-refractivity contribution in [2.24, 2.45) is 0 Å². The summed E-state index contributed by atoms with van der Waals surface area (Å²) in [5, 5.41) is 8.48. The van der Waals surface area contributed by atoms with Gasteiger partial charge in [0, 0.05) is 25.1 Å². The summed E-state index contributed by atoms with van der Waals surface area (Å²) in [4.78, 5) is 21.1. The van der Waals surface area contributed by atoms with Gasteiger partial charge < -0.3 is 5.32 Å². The van der Waals surface area contributed by atoms with Gasteiger partial charge in [0.05, 0.1) is 27.4 Å². The Morgan fingerprint density at radius 3 is 2.54 bits per heavy atom. The van der Waals surface area contributed by atoms with Crippen LogP contribution in [0, 0.1) is 13.8 Å². The molecule has 4 aromatic rings. The largest absolute Gasteiger partial charge is 0.348 e. The highest BCUT2D eigenvalue weighted by Gasteiger charge is 2.19.